The summed E-state index contributed by atoms with van der Waals surface area (Å²) in [5.74, 6) is -0.616. The largest absolute Gasteiger partial charge is 0.482 e. The average molecular weight is 326 g/mol. The predicted octanol–water partition coefficient (Wildman–Crippen LogP) is 1.97. The van der Waals surface area contributed by atoms with E-state index in [9.17, 15) is 9.59 Å². The molecule has 0 bridgehead atoms. The minimum absolute atomic E-state index is 0.0549. The zero-order valence-corrected chi connectivity index (χ0v) is 12.6. The molecule has 7 heteroatoms. The number of furan rings is 1. The van der Waals surface area contributed by atoms with Crippen molar-refractivity contribution in [3.05, 3.63) is 59.6 Å². The Labute approximate surface area is 137 Å². The smallest absolute Gasteiger partial charge is 0.341 e. The molecule has 1 aromatic heterocycles. The zero-order valence-electron chi connectivity index (χ0n) is 12.6. The van der Waals surface area contributed by atoms with E-state index in [1.165, 1.54) is 12.3 Å². The summed E-state index contributed by atoms with van der Waals surface area (Å²) >= 11 is 0. The van der Waals surface area contributed by atoms with Gasteiger partial charge in [0, 0.05) is 0 Å². The molecular weight excluding hydrogens is 312 g/mol. The maximum atomic E-state index is 12.0. The number of aliphatic carboxylic acids is 1. The van der Waals surface area contributed by atoms with Gasteiger partial charge in [0.05, 0.1) is 12.8 Å². The van der Waals surface area contributed by atoms with Gasteiger partial charge < -0.3 is 19.6 Å². The summed E-state index contributed by atoms with van der Waals surface area (Å²) in [5.41, 5.74) is 0.558. The third-order valence-electron chi connectivity index (χ3n) is 2.92. The maximum Gasteiger partial charge on any atom is 0.341 e. The van der Waals surface area contributed by atoms with Crippen LogP contribution in [0.4, 0.5) is 0 Å². The van der Waals surface area contributed by atoms with Crippen LogP contribution in [0.1, 0.15) is 11.3 Å². The molecule has 0 saturated carbocycles. The molecule has 0 atom stereocenters. The topological polar surface area (TPSA) is 113 Å². The predicted molar refractivity (Wildman–Crippen MR) is 83.7 cm³/mol. The Morgan fingerprint density at radius 3 is 2.62 bits per heavy atom. The fourth-order valence-corrected chi connectivity index (χ4v) is 1.80. The van der Waals surface area contributed by atoms with Gasteiger partial charge in [-0.25, -0.2) is 4.79 Å². The number of carbonyl (C=O) groups is 2. The molecule has 1 amide bonds. The quantitative estimate of drug-likeness (QED) is 0.594. The van der Waals surface area contributed by atoms with Crippen LogP contribution in [-0.4, -0.2) is 23.6 Å². The molecule has 0 fully saturated rings. The van der Waals surface area contributed by atoms with Crippen molar-refractivity contribution in [2.75, 3.05) is 6.61 Å². The number of amides is 1. The summed E-state index contributed by atoms with van der Waals surface area (Å²) in [6, 6.07) is 11.6. The molecule has 0 saturated heterocycles. The van der Waals surface area contributed by atoms with Crippen molar-refractivity contribution in [3.63, 3.8) is 0 Å². The number of nitrogens with one attached hydrogen (secondary N) is 1. The van der Waals surface area contributed by atoms with Crippen molar-refractivity contribution in [1.29, 1.82) is 5.26 Å². The first kappa shape index (κ1) is 16.8. The Balaban J connectivity index is 1.99. The van der Waals surface area contributed by atoms with Crippen molar-refractivity contribution >= 4 is 18.0 Å². The number of hydrogen-bond donors (Lipinski definition) is 2. The Hall–Kier alpha value is -3.53. The summed E-state index contributed by atoms with van der Waals surface area (Å²) < 4.78 is 10.1. The molecule has 7 nitrogen and oxygen atoms in total. The van der Waals surface area contributed by atoms with Gasteiger partial charge in [-0.1, -0.05) is 12.1 Å². The van der Waals surface area contributed by atoms with E-state index in [0.717, 1.165) is 0 Å². The maximum absolute atomic E-state index is 12.0. The number of ether oxygens (including phenoxy) is 1. The van der Waals surface area contributed by atoms with E-state index in [1.54, 1.807) is 36.4 Å². The van der Waals surface area contributed by atoms with E-state index in [4.69, 9.17) is 19.5 Å². The highest BCUT2D eigenvalue weighted by molar-refractivity contribution is 6.01. The Morgan fingerprint density at radius 1 is 1.29 bits per heavy atom. The molecule has 24 heavy (non-hydrogen) atoms. The second kappa shape index (κ2) is 8.19. The second-order valence-electron chi connectivity index (χ2n) is 4.68. The molecular formula is C17H14N2O5. The van der Waals surface area contributed by atoms with E-state index < -0.39 is 18.5 Å². The van der Waals surface area contributed by atoms with Gasteiger partial charge in [-0.2, -0.15) is 5.26 Å². The van der Waals surface area contributed by atoms with E-state index >= 15 is 0 Å². The van der Waals surface area contributed by atoms with Crippen LogP contribution >= 0.6 is 0 Å². The molecule has 0 radical (unpaired) electrons. The molecule has 2 rings (SSSR count). The van der Waals surface area contributed by atoms with Crippen LogP contribution in [0.25, 0.3) is 6.08 Å². The monoisotopic (exact) mass is 326 g/mol. The Morgan fingerprint density at radius 2 is 2.04 bits per heavy atom. The van der Waals surface area contributed by atoms with Crippen LogP contribution in [0.5, 0.6) is 5.75 Å². The van der Waals surface area contributed by atoms with Crippen LogP contribution in [0.15, 0.2) is 52.7 Å². The van der Waals surface area contributed by atoms with Crippen LogP contribution in [0.3, 0.4) is 0 Å². The number of rotatable bonds is 7. The van der Waals surface area contributed by atoms with Gasteiger partial charge in [-0.15, -0.1) is 0 Å². The number of benzene rings is 1. The highest BCUT2D eigenvalue weighted by atomic mass is 16.5. The number of carbonyl (C=O) groups excluding carboxylic acids is 1. The SMILES string of the molecule is N#C/C(=C\c1ccc(OCC(=O)O)cc1)C(=O)NCc1ccco1. The normalized spacial score (nSPS) is 10.7. The number of nitriles is 1. The molecule has 2 N–H and O–H groups in total. The molecule has 0 spiro atoms. The van der Waals surface area contributed by atoms with Crippen molar-refractivity contribution < 1.29 is 23.8 Å². The lowest BCUT2D eigenvalue weighted by molar-refractivity contribution is -0.139. The Kier molecular flexibility index (Phi) is 5.75. The minimum Gasteiger partial charge on any atom is -0.482 e. The standard InChI is InChI=1S/C17H14N2O5/c18-9-13(17(22)19-10-15-2-1-7-23-15)8-12-3-5-14(6-4-12)24-11-16(20)21/h1-8H,10-11H2,(H,19,22)(H,20,21)/b13-8+. The van der Waals surface area contributed by atoms with Gasteiger partial charge in [0.25, 0.3) is 5.91 Å². The highest BCUT2D eigenvalue weighted by Gasteiger charge is 2.09. The summed E-state index contributed by atoms with van der Waals surface area (Å²) in [7, 11) is 0. The first-order valence-electron chi connectivity index (χ1n) is 6.95. The van der Waals surface area contributed by atoms with E-state index in [0.29, 0.717) is 17.1 Å². The fraction of sp³-hybridized carbons (Fsp3) is 0.118. The zero-order chi connectivity index (χ0) is 17.4. The summed E-state index contributed by atoms with van der Waals surface area (Å²) in [4.78, 5) is 22.4. The molecule has 0 unspecified atom stereocenters. The Bertz CT molecular complexity index is 770. The summed E-state index contributed by atoms with van der Waals surface area (Å²) in [6.45, 7) is -0.249. The van der Waals surface area contributed by atoms with E-state index in [1.807, 2.05) is 6.07 Å². The summed E-state index contributed by atoms with van der Waals surface area (Å²) in [5, 5.41) is 20.2. The van der Waals surface area contributed by atoms with Crippen LogP contribution in [0.2, 0.25) is 0 Å². The molecule has 0 aliphatic heterocycles. The van der Waals surface area contributed by atoms with Gasteiger partial charge in [-0.3, -0.25) is 4.79 Å². The highest BCUT2D eigenvalue weighted by Crippen LogP contribution is 2.14. The lowest BCUT2D eigenvalue weighted by Gasteiger charge is -2.04. The van der Waals surface area contributed by atoms with Crippen molar-refractivity contribution in [2.24, 2.45) is 0 Å². The molecule has 1 heterocycles. The van der Waals surface area contributed by atoms with Crippen molar-refractivity contribution in [3.8, 4) is 11.8 Å². The van der Waals surface area contributed by atoms with Crippen LogP contribution in [0, 0.1) is 11.3 Å². The first-order valence-corrected chi connectivity index (χ1v) is 6.95. The van der Waals surface area contributed by atoms with Crippen LogP contribution in [-0.2, 0) is 16.1 Å². The third kappa shape index (κ3) is 5.03. The molecule has 2 aromatic rings. The second-order valence-corrected chi connectivity index (χ2v) is 4.68. The molecule has 0 aliphatic carbocycles. The number of nitrogens with zero attached hydrogens (tertiary/aromatic N) is 1. The fourth-order valence-electron chi connectivity index (χ4n) is 1.80. The number of hydrogen-bond acceptors (Lipinski definition) is 5. The van der Waals surface area contributed by atoms with Gasteiger partial charge in [0.15, 0.2) is 6.61 Å². The van der Waals surface area contributed by atoms with E-state index in [2.05, 4.69) is 5.32 Å². The van der Waals surface area contributed by atoms with E-state index in [-0.39, 0.29) is 12.1 Å². The van der Waals surface area contributed by atoms with Crippen LogP contribution < -0.4 is 10.1 Å². The average Bonchev–Trinajstić information content (AvgIpc) is 3.10. The lowest BCUT2D eigenvalue weighted by Crippen LogP contribution is -2.23. The van der Waals surface area contributed by atoms with Crippen molar-refractivity contribution in [1.82, 2.24) is 5.32 Å². The van der Waals surface area contributed by atoms with Gasteiger partial charge in [0.2, 0.25) is 0 Å². The first-order chi connectivity index (χ1) is 11.6. The van der Waals surface area contributed by atoms with Gasteiger partial charge >= 0.3 is 5.97 Å². The lowest BCUT2D eigenvalue weighted by atomic mass is 10.1. The molecule has 122 valence electrons. The summed E-state index contributed by atoms with van der Waals surface area (Å²) in [6.07, 6.45) is 2.93. The number of carboxylic acids is 1. The van der Waals surface area contributed by atoms with Gasteiger partial charge in [-0.05, 0) is 35.9 Å². The minimum atomic E-state index is -1.07. The number of carboxylic acid groups (broad SMARTS) is 1. The molecule has 0 aliphatic rings. The van der Waals surface area contributed by atoms with Gasteiger partial charge in [0.1, 0.15) is 23.2 Å². The third-order valence-corrected chi connectivity index (χ3v) is 2.92. The van der Waals surface area contributed by atoms with Crippen molar-refractivity contribution in [2.45, 2.75) is 6.54 Å². The molecule has 1 aromatic carbocycles.